The molecule has 0 radical (unpaired) electrons. The SMILES string of the molecule is CCCOc1c2c(c(OCCC)c3oc(C(C)(C)C)cc13)C(=O)c1ccccc1C2=O. The molecule has 0 fully saturated rings. The maximum atomic E-state index is 13.6. The Labute approximate surface area is 182 Å². The first-order valence-corrected chi connectivity index (χ1v) is 10.9. The Morgan fingerprint density at radius 2 is 1.35 bits per heavy atom. The first kappa shape index (κ1) is 21.2. The second-order valence-electron chi connectivity index (χ2n) is 8.91. The van der Waals surface area contributed by atoms with Crippen molar-refractivity contribution in [1.29, 1.82) is 0 Å². The summed E-state index contributed by atoms with van der Waals surface area (Å²) in [4.78, 5) is 27.2. The molecule has 0 N–H and O–H groups in total. The number of hydrogen-bond acceptors (Lipinski definition) is 5. The molecule has 1 aliphatic rings. The van der Waals surface area contributed by atoms with Gasteiger partial charge in [0.25, 0.3) is 0 Å². The van der Waals surface area contributed by atoms with Crippen LogP contribution in [0.25, 0.3) is 11.0 Å². The van der Waals surface area contributed by atoms with E-state index in [9.17, 15) is 9.59 Å². The molecule has 0 atom stereocenters. The third-order valence-corrected chi connectivity index (χ3v) is 5.40. The second-order valence-corrected chi connectivity index (χ2v) is 8.91. The highest BCUT2D eigenvalue weighted by Gasteiger charge is 2.39. The van der Waals surface area contributed by atoms with Gasteiger partial charge in [-0.2, -0.15) is 0 Å². The molecule has 5 heteroatoms. The molecule has 0 saturated carbocycles. The van der Waals surface area contributed by atoms with Gasteiger partial charge >= 0.3 is 0 Å². The van der Waals surface area contributed by atoms with Crippen molar-refractivity contribution in [3.05, 3.63) is 58.3 Å². The lowest BCUT2D eigenvalue weighted by molar-refractivity contribution is 0.0972. The van der Waals surface area contributed by atoms with Crippen LogP contribution in [-0.2, 0) is 5.41 Å². The minimum absolute atomic E-state index is 0.224. The zero-order valence-electron chi connectivity index (χ0n) is 18.8. The van der Waals surface area contributed by atoms with Gasteiger partial charge in [-0.3, -0.25) is 9.59 Å². The maximum absolute atomic E-state index is 13.6. The lowest BCUT2D eigenvalue weighted by Crippen LogP contribution is -2.23. The van der Waals surface area contributed by atoms with Crippen LogP contribution in [0.1, 0.15) is 85.1 Å². The molecule has 162 valence electrons. The van der Waals surface area contributed by atoms with Gasteiger partial charge in [0, 0.05) is 16.5 Å². The van der Waals surface area contributed by atoms with Gasteiger partial charge in [-0.15, -0.1) is 0 Å². The van der Waals surface area contributed by atoms with E-state index in [0.29, 0.717) is 46.8 Å². The highest BCUT2D eigenvalue weighted by Crippen LogP contribution is 2.47. The van der Waals surface area contributed by atoms with Gasteiger partial charge < -0.3 is 13.9 Å². The fraction of sp³-hybridized carbons (Fsp3) is 0.385. The molecular weight excluding hydrogens is 392 g/mol. The molecule has 31 heavy (non-hydrogen) atoms. The topological polar surface area (TPSA) is 65.7 Å². The summed E-state index contributed by atoms with van der Waals surface area (Å²) in [5, 5.41) is 0.670. The van der Waals surface area contributed by atoms with Crippen molar-refractivity contribution in [2.45, 2.75) is 52.9 Å². The molecule has 0 bridgehead atoms. The number of ketones is 2. The minimum Gasteiger partial charge on any atom is -0.492 e. The zero-order valence-corrected chi connectivity index (χ0v) is 18.8. The van der Waals surface area contributed by atoms with Crippen LogP contribution in [0.3, 0.4) is 0 Å². The van der Waals surface area contributed by atoms with Gasteiger partial charge in [-0.05, 0) is 18.9 Å². The number of fused-ring (bicyclic) bond motifs is 3. The van der Waals surface area contributed by atoms with E-state index < -0.39 is 0 Å². The number of ether oxygens (including phenoxy) is 2. The van der Waals surface area contributed by atoms with Gasteiger partial charge in [0.1, 0.15) is 11.5 Å². The molecule has 1 heterocycles. The number of benzene rings is 2. The van der Waals surface area contributed by atoms with Crippen molar-refractivity contribution < 1.29 is 23.5 Å². The monoisotopic (exact) mass is 420 g/mol. The van der Waals surface area contributed by atoms with Crippen molar-refractivity contribution in [3.63, 3.8) is 0 Å². The molecule has 1 aliphatic carbocycles. The van der Waals surface area contributed by atoms with Crippen LogP contribution in [-0.4, -0.2) is 24.8 Å². The summed E-state index contributed by atoms with van der Waals surface area (Å²) in [5.41, 5.74) is 1.48. The van der Waals surface area contributed by atoms with Crippen LogP contribution >= 0.6 is 0 Å². The average Bonchev–Trinajstić information content (AvgIpc) is 3.20. The summed E-state index contributed by atoms with van der Waals surface area (Å²) >= 11 is 0. The minimum atomic E-state index is -0.263. The summed E-state index contributed by atoms with van der Waals surface area (Å²) in [5.74, 6) is 1.01. The Morgan fingerprint density at radius 3 is 1.87 bits per heavy atom. The first-order chi connectivity index (χ1) is 14.8. The number of rotatable bonds is 6. The van der Waals surface area contributed by atoms with Crippen LogP contribution in [0.15, 0.2) is 34.7 Å². The van der Waals surface area contributed by atoms with E-state index in [0.717, 1.165) is 18.6 Å². The van der Waals surface area contributed by atoms with Crippen molar-refractivity contribution in [1.82, 2.24) is 0 Å². The Balaban J connectivity index is 2.11. The summed E-state index contributed by atoms with van der Waals surface area (Å²) in [6, 6.07) is 8.82. The van der Waals surface area contributed by atoms with Crippen molar-refractivity contribution >= 4 is 22.5 Å². The smallest absolute Gasteiger partial charge is 0.198 e. The number of carbonyl (C=O) groups is 2. The molecule has 4 rings (SSSR count). The summed E-state index contributed by atoms with van der Waals surface area (Å²) in [7, 11) is 0. The third-order valence-electron chi connectivity index (χ3n) is 5.40. The number of furan rings is 1. The second kappa shape index (κ2) is 7.88. The van der Waals surface area contributed by atoms with E-state index in [1.807, 2.05) is 19.9 Å². The molecule has 0 unspecified atom stereocenters. The molecule has 3 aromatic rings. The predicted octanol–water partition coefficient (Wildman–Crippen LogP) is 6.08. The maximum Gasteiger partial charge on any atom is 0.198 e. The summed E-state index contributed by atoms with van der Waals surface area (Å²) < 4.78 is 18.4. The lowest BCUT2D eigenvalue weighted by Gasteiger charge is -2.23. The van der Waals surface area contributed by atoms with E-state index in [-0.39, 0.29) is 28.1 Å². The molecule has 0 saturated heterocycles. The van der Waals surface area contributed by atoms with Crippen LogP contribution < -0.4 is 9.47 Å². The van der Waals surface area contributed by atoms with Crippen molar-refractivity contribution in [3.8, 4) is 11.5 Å². The number of hydrogen-bond donors (Lipinski definition) is 0. The lowest BCUT2D eigenvalue weighted by atomic mass is 9.82. The quantitative estimate of drug-likeness (QED) is 0.378. The normalized spacial score (nSPS) is 13.3. The molecule has 0 amide bonds. The van der Waals surface area contributed by atoms with Crippen LogP contribution in [0.5, 0.6) is 11.5 Å². The molecule has 1 aromatic heterocycles. The van der Waals surface area contributed by atoms with Crippen molar-refractivity contribution in [2.75, 3.05) is 13.2 Å². The van der Waals surface area contributed by atoms with Crippen molar-refractivity contribution in [2.24, 2.45) is 0 Å². The van der Waals surface area contributed by atoms with E-state index in [1.54, 1.807) is 24.3 Å². The van der Waals surface area contributed by atoms with Gasteiger partial charge in [0.15, 0.2) is 22.9 Å². The molecule has 0 spiro atoms. The largest absolute Gasteiger partial charge is 0.492 e. The van der Waals surface area contributed by atoms with Crippen LogP contribution in [0, 0.1) is 0 Å². The highest BCUT2D eigenvalue weighted by atomic mass is 16.5. The summed E-state index contributed by atoms with van der Waals surface area (Å²) in [6.07, 6.45) is 1.53. The Bertz CT molecular complexity index is 1090. The third kappa shape index (κ3) is 3.42. The molecular formula is C26H28O5. The predicted molar refractivity (Wildman–Crippen MR) is 120 cm³/mol. The molecule has 2 aromatic carbocycles. The Morgan fingerprint density at radius 1 is 0.839 bits per heavy atom. The van der Waals surface area contributed by atoms with Crippen LogP contribution in [0.2, 0.25) is 0 Å². The van der Waals surface area contributed by atoms with Gasteiger partial charge in [-0.1, -0.05) is 58.9 Å². The molecule has 5 nitrogen and oxygen atoms in total. The zero-order chi connectivity index (χ0) is 22.3. The first-order valence-electron chi connectivity index (χ1n) is 10.9. The fourth-order valence-electron chi connectivity index (χ4n) is 3.85. The number of carbonyl (C=O) groups excluding carboxylic acids is 2. The van der Waals surface area contributed by atoms with Gasteiger partial charge in [-0.25, -0.2) is 0 Å². The van der Waals surface area contributed by atoms with Crippen LogP contribution in [0.4, 0.5) is 0 Å². The Kier molecular flexibility index (Phi) is 5.38. The van der Waals surface area contributed by atoms with E-state index in [1.165, 1.54) is 0 Å². The average molecular weight is 421 g/mol. The fourth-order valence-corrected chi connectivity index (χ4v) is 3.85. The van der Waals surface area contributed by atoms with E-state index in [2.05, 4.69) is 20.8 Å². The molecule has 0 aliphatic heterocycles. The van der Waals surface area contributed by atoms with Gasteiger partial charge in [0.2, 0.25) is 0 Å². The Hall–Kier alpha value is -3.08. The standard InChI is InChI=1S/C26H28O5/c1-6-12-29-23-17-14-18(26(3,4)5)31-24(17)25(30-13-7-2)20-19(23)21(27)15-10-8-9-11-16(15)22(20)28/h8-11,14H,6-7,12-13H2,1-5H3. The van der Waals surface area contributed by atoms with E-state index in [4.69, 9.17) is 13.9 Å². The van der Waals surface area contributed by atoms with E-state index >= 15 is 0 Å². The van der Waals surface area contributed by atoms with Gasteiger partial charge in [0.05, 0.1) is 29.7 Å². The highest BCUT2D eigenvalue weighted by molar-refractivity contribution is 6.32. The summed E-state index contributed by atoms with van der Waals surface area (Å²) in [6.45, 7) is 11.0.